The molecule has 5 nitrogen and oxygen atoms in total. The number of para-hydroxylation sites is 1. The van der Waals surface area contributed by atoms with Crippen LogP contribution < -0.4 is 0 Å². The van der Waals surface area contributed by atoms with E-state index in [1.807, 2.05) is 45.8 Å². The van der Waals surface area contributed by atoms with Gasteiger partial charge >= 0.3 is 0 Å². The van der Waals surface area contributed by atoms with Crippen LogP contribution in [-0.4, -0.2) is 29.6 Å². The summed E-state index contributed by atoms with van der Waals surface area (Å²) >= 11 is 0. The molecule has 2 aliphatic carbocycles. The molecule has 1 aromatic heterocycles. The molecule has 1 unspecified atom stereocenters. The fraction of sp³-hybridized carbons (Fsp3) is 0.432. The van der Waals surface area contributed by atoms with Crippen molar-refractivity contribution in [2.75, 3.05) is 0 Å². The molecule has 49 heavy (non-hydrogen) atoms. The van der Waals surface area contributed by atoms with Gasteiger partial charge in [0.15, 0.2) is 12.1 Å². The maximum absolute atomic E-state index is 12.7. The van der Waals surface area contributed by atoms with E-state index >= 15 is 0 Å². The molecule has 0 bridgehead atoms. The van der Waals surface area contributed by atoms with Crippen LogP contribution in [0.2, 0.25) is 0 Å². The third-order valence-electron chi connectivity index (χ3n) is 10.0. The summed E-state index contributed by atoms with van der Waals surface area (Å²) in [4.78, 5) is 47.4. The molecule has 0 saturated heterocycles. The first-order valence-electron chi connectivity index (χ1n) is 18.2. The number of rotatable bonds is 9. The molecule has 1 heterocycles. The van der Waals surface area contributed by atoms with Crippen molar-refractivity contribution in [3.8, 4) is 0 Å². The molecular weight excluding hydrogens is 606 g/mol. The largest absolute Gasteiger partial charge is 0.307 e. The number of aromatic nitrogens is 1. The predicted molar refractivity (Wildman–Crippen MR) is 204 cm³/mol. The van der Waals surface area contributed by atoms with Gasteiger partial charge in [-0.15, -0.1) is 0 Å². The van der Waals surface area contributed by atoms with Crippen LogP contribution in [0.3, 0.4) is 0 Å². The fourth-order valence-electron chi connectivity index (χ4n) is 7.47. The number of unbranched alkanes of at least 4 members (excludes halogenated alkanes) is 1. The van der Waals surface area contributed by atoms with Gasteiger partial charge in [0.05, 0.1) is 5.52 Å². The summed E-state index contributed by atoms with van der Waals surface area (Å²) in [6.45, 7) is 12.4. The van der Waals surface area contributed by atoms with Gasteiger partial charge in [-0.05, 0) is 130 Å². The number of hydrogen-bond donors (Lipinski definition) is 0. The highest BCUT2D eigenvalue weighted by Gasteiger charge is 2.26. The first-order valence-corrected chi connectivity index (χ1v) is 18.2. The van der Waals surface area contributed by atoms with E-state index in [9.17, 15) is 14.4 Å². The second-order valence-electron chi connectivity index (χ2n) is 13.3. The Labute approximate surface area is 295 Å². The molecule has 5 heteroatoms. The average molecular weight is 664 g/mol. The van der Waals surface area contributed by atoms with E-state index < -0.39 is 0 Å². The van der Waals surface area contributed by atoms with Crippen LogP contribution in [0.4, 0.5) is 0 Å². The Kier molecular flexibility index (Phi) is 16.2. The molecule has 0 radical (unpaired) electrons. The highest BCUT2D eigenvalue weighted by atomic mass is 16.1. The van der Waals surface area contributed by atoms with Gasteiger partial charge in [-0.25, -0.2) is 0 Å². The Bertz CT molecular complexity index is 1670. The molecule has 2 saturated carbocycles. The number of ketones is 2. The van der Waals surface area contributed by atoms with Crippen molar-refractivity contribution < 1.29 is 20.6 Å². The molecule has 4 aromatic rings. The number of nitrogens with zero attached hydrogens (tertiary/aromatic N) is 1. The van der Waals surface area contributed by atoms with Crippen LogP contribution in [0.5, 0.6) is 0 Å². The van der Waals surface area contributed by atoms with Crippen LogP contribution >= 0.6 is 0 Å². The predicted octanol–water partition coefficient (Wildman–Crippen LogP) is 11.3. The minimum atomic E-state index is 0. The highest BCUT2D eigenvalue weighted by Crippen LogP contribution is 2.42. The summed E-state index contributed by atoms with van der Waals surface area (Å²) in [5, 5.41) is 1.02. The van der Waals surface area contributed by atoms with E-state index in [4.69, 9.17) is 4.79 Å². The lowest BCUT2D eigenvalue weighted by molar-refractivity contribution is -0.120. The number of benzene rings is 3. The maximum Gasteiger partial charge on any atom is 0.162 e. The van der Waals surface area contributed by atoms with Gasteiger partial charge in [0, 0.05) is 42.9 Å². The monoisotopic (exact) mass is 663 g/mol. The number of pyridine rings is 1. The zero-order chi connectivity index (χ0) is 35.8. The zero-order valence-corrected chi connectivity index (χ0v) is 30.3. The smallest absolute Gasteiger partial charge is 0.162 e. The Morgan fingerprint density at radius 2 is 1.51 bits per heavy atom. The van der Waals surface area contributed by atoms with E-state index in [1.165, 1.54) is 47.9 Å². The molecule has 1 atom stereocenters. The summed E-state index contributed by atoms with van der Waals surface area (Å²) in [6, 6.07) is 22.9. The van der Waals surface area contributed by atoms with E-state index in [0.29, 0.717) is 29.6 Å². The Balaban J connectivity index is 0.000000402. The molecule has 0 amide bonds. The van der Waals surface area contributed by atoms with Crippen LogP contribution in [0, 0.1) is 26.7 Å². The number of Topliss-reactive ketones (excluding diaryl/α,β-unsaturated/α-hetero) is 2. The lowest BCUT2D eigenvalue weighted by Crippen LogP contribution is -2.14. The Morgan fingerprint density at radius 3 is 2.12 bits per heavy atom. The highest BCUT2D eigenvalue weighted by molar-refractivity contribution is 5.96. The Hall–Kier alpha value is -4.25. The molecule has 0 N–H and O–H groups in total. The zero-order valence-electron chi connectivity index (χ0n) is 30.3. The van der Waals surface area contributed by atoms with E-state index in [2.05, 4.69) is 61.3 Å². The summed E-state index contributed by atoms with van der Waals surface area (Å²) in [7, 11) is 0. The topological polar surface area (TPSA) is 81.2 Å². The van der Waals surface area contributed by atoms with Crippen LogP contribution in [-0.2, 0) is 9.59 Å². The van der Waals surface area contributed by atoms with Crippen LogP contribution in [0.1, 0.15) is 146 Å². The molecule has 0 spiro atoms. The Morgan fingerprint density at radius 1 is 0.837 bits per heavy atom. The van der Waals surface area contributed by atoms with Gasteiger partial charge in [0.2, 0.25) is 0 Å². The van der Waals surface area contributed by atoms with E-state index in [1.54, 1.807) is 12.3 Å². The van der Waals surface area contributed by atoms with Crippen LogP contribution in [0.15, 0.2) is 72.9 Å². The van der Waals surface area contributed by atoms with Crippen molar-refractivity contribution in [3.63, 3.8) is 0 Å². The quantitative estimate of drug-likeness (QED) is 0.101. The maximum atomic E-state index is 12.7. The van der Waals surface area contributed by atoms with E-state index in [-0.39, 0.29) is 13.1 Å². The fourth-order valence-corrected chi connectivity index (χ4v) is 7.47. The second kappa shape index (κ2) is 20.3. The van der Waals surface area contributed by atoms with Crippen molar-refractivity contribution >= 4 is 35.5 Å². The van der Waals surface area contributed by atoms with Gasteiger partial charge in [0.1, 0.15) is 12.6 Å². The lowest BCUT2D eigenvalue weighted by Gasteiger charge is -2.31. The van der Waals surface area contributed by atoms with Gasteiger partial charge < -0.3 is 4.79 Å². The summed E-state index contributed by atoms with van der Waals surface area (Å²) in [5.74, 6) is 2.26. The normalized spacial score (nSPS) is 18.2. The molecular formula is C44H57NO4. The summed E-state index contributed by atoms with van der Waals surface area (Å²) in [6.07, 6.45) is 13.9. The molecule has 6 rings (SSSR count). The third kappa shape index (κ3) is 10.9. The van der Waals surface area contributed by atoms with E-state index in [0.717, 1.165) is 66.8 Å². The number of fused-ring (bicyclic) bond motifs is 1. The first kappa shape index (κ1) is 39.2. The molecule has 262 valence electrons. The van der Waals surface area contributed by atoms with Gasteiger partial charge in [-0.1, -0.05) is 68.8 Å². The molecule has 2 fully saturated rings. The van der Waals surface area contributed by atoms with Crippen molar-refractivity contribution in [1.29, 1.82) is 0 Å². The number of carbonyl (C=O) groups is 4. The van der Waals surface area contributed by atoms with Crippen molar-refractivity contribution in [2.24, 2.45) is 5.92 Å². The van der Waals surface area contributed by atoms with Gasteiger partial charge in [-0.2, -0.15) is 0 Å². The molecule has 2 aliphatic rings. The summed E-state index contributed by atoms with van der Waals surface area (Å²) < 4.78 is 0. The lowest BCUT2D eigenvalue weighted by atomic mass is 9.74. The standard InChI is InChI=1S/C30H38O2.C11H9NO.C2H6.CH2O.H2/c1-21-8-3-5-11-27(21)23-14-16-24(17-15-23)28-19-18-26(20-22(28)2)30(32)12-6-4-9-25-10-7-13-29(25)31;1-8-5-9-3-2-4-10(7-13)11(9)12-6-8;2*1-2;/h3,5,8,11,18-20,23-25H,4,6-7,9-10,12-17H2,1-2H3;2-7H,1H3;1-2H3;1H2;1H. The minimum Gasteiger partial charge on any atom is -0.307 e. The number of carbonyl (C=O) groups excluding carboxylic acids is 4. The molecule has 3 aromatic carbocycles. The third-order valence-corrected chi connectivity index (χ3v) is 10.0. The van der Waals surface area contributed by atoms with Gasteiger partial charge in [0.25, 0.3) is 0 Å². The number of aldehydes is 1. The second-order valence-corrected chi connectivity index (χ2v) is 13.3. The first-order chi connectivity index (χ1) is 23.8. The number of aryl methyl sites for hydroxylation is 3. The minimum absolute atomic E-state index is 0. The van der Waals surface area contributed by atoms with Gasteiger partial charge in [-0.3, -0.25) is 19.4 Å². The SMILES string of the molecule is C=O.CC.Cc1ccccc1C1CCC(c2ccc(C(=O)CCCCC3CCCC3=O)cc2C)CC1.Cc1cnc2c(C=O)cccc2c1.[HH]. The van der Waals surface area contributed by atoms with Crippen molar-refractivity contribution in [2.45, 2.75) is 117 Å². The average Bonchev–Trinajstić information content (AvgIpc) is 3.56. The number of hydrogen-bond acceptors (Lipinski definition) is 5. The molecule has 0 aliphatic heterocycles. The van der Waals surface area contributed by atoms with Crippen molar-refractivity contribution in [1.82, 2.24) is 4.98 Å². The van der Waals surface area contributed by atoms with Crippen LogP contribution in [0.25, 0.3) is 10.9 Å². The van der Waals surface area contributed by atoms with Crippen molar-refractivity contribution in [3.05, 3.63) is 112 Å². The summed E-state index contributed by atoms with van der Waals surface area (Å²) in [5.41, 5.74) is 9.05.